The first-order chi connectivity index (χ1) is 14.8. The van der Waals surface area contributed by atoms with Crippen molar-refractivity contribution < 1.29 is 9.59 Å². The largest absolute Gasteiger partial charge is 0.350 e. The fourth-order valence-electron chi connectivity index (χ4n) is 4.21. The number of thiophene rings is 1. The van der Waals surface area contributed by atoms with Crippen LogP contribution in [0.1, 0.15) is 44.1 Å². The summed E-state index contributed by atoms with van der Waals surface area (Å²) in [5.74, 6) is 0.565. The Morgan fingerprint density at radius 1 is 1.13 bits per heavy atom. The number of hydrogen-bond donors (Lipinski definition) is 1. The van der Waals surface area contributed by atoms with Gasteiger partial charge in [-0.25, -0.2) is 9.97 Å². The molecule has 9 heteroatoms. The van der Waals surface area contributed by atoms with E-state index in [1.807, 2.05) is 25.7 Å². The van der Waals surface area contributed by atoms with Crippen molar-refractivity contribution in [2.45, 2.75) is 57.0 Å². The molecular formula is C22H31N5O2S2. The van der Waals surface area contributed by atoms with E-state index in [0.717, 1.165) is 35.8 Å². The monoisotopic (exact) mass is 461 g/mol. The SMILES string of the molecule is CC(C)(C)NC(=O)CN1CCN(C(=O)CSc2ncnc3sc4c(c23)CCCC4)CC1. The lowest BCUT2D eigenvalue weighted by Gasteiger charge is -2.34. The molecule has 0 spiro atoms. The Bertz CT molecular complexity index is 961. The Morgan fingerprint density at radius 2 is 1.87 bits per heavy atom. The van der Waals surface area contributed by atoms with Gasteiger partial charge in [-0.05, 0) is 52.0 Å². The van der Waals surface area contributed by atoms with Crippen molar-refractivity contribution in [3.8, 4) is 0 Å². The molecule has 0 radical (unpaired) electrons. The molecule has 2 amide bonds. The Kier molecular flexibility index (Phi) is 6.83. The first-order valence-corrected chi connectivity index (χ1v) is 12.8. The third-order valence-electron chi connectivity index (χ3n) is 5.66. The van der Waals surface area contributed by atoms with Crippen molar-refractivity contribution >= 4 is 45.1 Å². The molecule has 2 aliphatic rings. The van der Waals surface area contributed by atoms with Crippen LogP contribution in [0.2, 0.25) is 0 Å². The van der Waals surface area contributed by atoms with Gasteiger partial charge >= 0.3 is 0 Å². The molecular weight excluding hydrogens is 430 g/mol. The molecule has 2 aromatic heterocycles. The minimum absolute atomic E-state index is 0.0368. The van der Waals surface area contributed by atoms with Gasteiger partial charge < -0.3 is 10.2 Å². The van der Waals surface area contributed by atoms with Gasteiger partial charge in [0.05, 0.1) is 12.3 Å². The van der Waals surface area contributed by atoms with Crippen LogP contribution in [0.25, 0.3) is 10.2 Å². The number of carbonyl (C=O) groups excluding carboxylic acids is 2. The molecule has 0 atom stereocenters. The summed E-state index contributed by atoms with van der Waals surface area (Å²) in [6, 6.07) is 0. The van der Waals surface area contributed by atoms with Gasteiger partial charge in [0.15, 0.2) is 0 Å². The van der Waals surface area contributed by atoms with Gasteiger partial charge in [-0.1, -0.05) is 11.8 Å². The van der Waals surface area contributed by atoms with E-state index in [1.165, 1.54) is 40.4 Å². The van der Waals surface area contributed by atoms with Gasteiger partial charge in [0.2, 0.25) is 11.8 Å². The van der Waals surface area contributed by atoms with Crippen LogP contribution in [-0.4, -0.2) is 75.6 Å². The highest BCUT2D eigenvalue weighted by Gasteiger charge is 2.25. The Balaban J connectivity index is 1.30. The van der Waals surface area contributed by atoms with E-state index in [2.05, 4.69) is 20.2 Å². The van der Waals surface area contributed by atoms with Crippen molar-refractivity contribution in [1.29, 1.82) is 0 Å². The Hall–Kier alpha value is -1.71. The lowest BCUT2D eigenvalue weighted by Crippen LogP contribution is -2.53. The van der Waals surface area contributed by atoms with Gasteiger partial charge in [-0.15, -0.1) is 11.3 Å². The number of nitrogens with zero attached hydrogens (tertiary/aromatic N) is 4. The second-order valence-corrected chi connectivity index (χ2v) is 11.4. The first-order valence-electron chi connectivity index (χ1n) is 11.0. The zero-order chi connectivity index (χ0) is 22.0. The van der Waals surface area contributed by atoms with Crippen molar-refractivity contribution in [3.05, 3.63) is 16.8 Å². The maximum absolute atomic E-state index is 12.8. The van der Waals surface area contributed by atoms with Crippen molar-refractivity contribution in [1.82, 2.24) is 25.1 Å². The molecule has 0 aromatic carbocycles. The van der Waals surface area contributed by atoms with Crippen molar-refractivity contribution in [3.63, 3.8) is 0 Å². The van der Waals surface area contributed by atoms with E-state index >= 15 is 0 Å². The minimum atomic E-state index is -0.222. The first kappa shape index (κ1) is 22.5. The molecule has 31 heavy (non-hydrogen) atoms. The number of nitrogens with one attached hydrogen (secondary N) is 1. The number of aryl methyl sites for hydroxylation is 2. The van der Waals surface area contributed by atoms with Crippen LogP contribution in [-0.2, 0) is 22.4 Å². The smallest absolute Gasteiger partial charge is 0.234 e. The number of aromatic nitrogens is 2. The fourth-order valence-corrected chi connectivity index (χ4v) is 6.43. The fraction of sp³-hybridized carbons (Fsp3) is 0.636. The number of amides is 2. The molecule has 1 fully saturated rings. The third kappa shape index (κ3) is 5.56. The third-order valence-corrected chi connectivity index (χ3v) is 7.83. The van der Waals surface area contributed by atoms with E-state index in [-0.39, 0.29) is 17.4 Å². The molecule has 0 saturated carbocycles. The summed E-state index contributed by atoms with van der Waals surface area (Å²) in [6.45, 7) is 9.11. The maximum Gasteiger partial charge on any atom is 0.234 e. The molecule has 1 aliphatic carbocycles. The van der Waals surface area contributed by atoms with E-state index in [1.54, 1.807) is 17.7 Å². The van der Waals surface area contributed by atoms with Crippen molar-refractivity contribution in [2.75, 3.05) is 38.5 Å². The van der Waals surface area contributed by atoms with Gasteiger partial charge in [0, 0.05) is 42.0 Å². The molecule has 7 nitrogen and oxygen atoms in total. The quantitative estimate of drug-likeness (QED) is 0.545. The zero-order valence-electron chi connectivity index (χ0n) is 18.6. The summed E-state index contributed by atoms with van der Waals surface area (Å²) in [7, 11) is 0. The van der Waals surface area contributed by atoms with Crippen molar-refractivity contribution in [2.24, 2.45) is 0 Å². The van der Waals surface area contributed by atoms with E-state index in [0.29, 0.717) is 25.4 Å². The number of hydrogen-bond acceptors (Lipinski definition) is 7. The Morgan fingerprint density at radius 3 is 2.61 bits per heavy atom. The lowest BCUT2D eigenvalue weighted by molar-refractivity contribution is -0.130. The van der Waals surface area contributed by atoms with Crippen LogP contribution < -0.4 is 5.32 Å². The number of rotatable bonds is 5. The Labute approximate surface area is 192 Å². The molecule has 168 valence electrons. The van der Waals surface area contributed by atoms with E-state index in [4.69, 9.17) is 0 Å². The predicted octanol–water partition coefficient (Wildman–Crippen LogP) is 2.72. The minimum Gasteiger partial charge on any atom is -0.350 e. The molecule has 2 aromatic rings. The molecule has 3 heterocycles. The standard InChI is InChI=1S/C22H31N5O2S2/c1-22(2,3)25-17(28)12-26-8-10-27(11-9-26)18(29)13-30-20-19-15-6-4-5-7-16(15)31-21(19)24-14-23-20/h14H,4-13H2,1-3H3,(H,25,28). The second kappa shape index (κ2) is 9.42. The highest BCUT2D eigenvalue weighted by molar-refractivity contribution is 8.00. The van der Waals surface area contributed by atoms with Crippen LogP contribution in [0.15, 0.2) is 11.4 Å². The van der Waals surface area contributed by atoms with Gasteiger partial charge in [-0.2, -0.15) is 0 Å². The summed E-state index contributed by atoms with van der Waals surface area (Å²) in [5.41, 5.74) is 1.18. The average molecular weight is 462 g/mol. The topological polar surface area (TPSA) is 78.4 Å². The van der Waals surface area contributed by atoms with Crippen LogP contribution in [0, 0.1) is 0 Å². The maximum atomic E-state index is 12.8. The van der Waals surface area contributed by atoms with Gasteiger partial charge in [0.1, 0.15) is 16.2 Å². The van der Waals surface area contributed by atoms with Gasteiger partial charge in [-0.3, -0.25) is 14.5 Å². The highest BCUT2D eigenvalue weighted by Crippen LogP contribution is 2.39. The average Bonchev–Trinajstić information content (AvgIpc) is 3.10. The van der Waals surface area contributed by atoms with Crippen LogP contribution >= 0.6 is 23.1 Å². The normalized spacial score (nSPS) is 17.6. The van der Waals surface area contributed by atoms with E-state index < -0.39 is 0 Å². The van der Waals surface area contributed by atoms with Crippen LogP contribution in [0.5, 0.6) is 0 Å². The van der Waals surface area contributed by atoms with E-state index in [9.17, 15) is 9.59 Å². The summed E-state index contributed by atoms with van der Waals surface area (Å²) >= 11 is 3.32. The van der Waals surface area contributed by atoms with Gasteiger partial charge in [0.25, 0.3) is 0 Å². The number of fused-ring (bicyclic) bond motifs is 3. The summed E-state index contributed by atoms with van der Waals surface area (Å²) in [5, 5.41) is 5.11. The highest BCUT2D eigenvalue weighted by atomic mass is 32.2. The summed E-state index contributed by atoms with van der Waals surface area (Å²) in [4.78, 5) is 40.5. The predicted molar refractivity (Wildman–Crippen MR) is 126 cm³/mol. The molecule has 1 aliphatic heterocycles. The number of carbonyl (C=O) groups is 2. The molecule has 0 unspecified atom stereocenters. The van der Waals surface area contributed by atoms with Crippen LogP contribution in [0.4, 0.5) is 0 Å². The number of piperazine rings is 1. The molecule has 1 N–H and O–H groups in total. The van der Waals surface area contributed by atoms with Crippen LogP contribution in [0.3, 0.4) is 0 Å². The lowest BCUT2D eigenvalue weighted by atomic mass is 9.97. The second-order valence-electron chi connectivity index (χ2n) is 9.31. The molecule has 0 bridgehead atoms. The number of thioether (sulfide) groups is 1. The molecule has 4 rings (SSSR count). The molecule has 1 saturated heterocycles. The summed E-state index contributed by atoms with van der Waals surface area (Å²) in [6.07, 6.45) is 6.32. The zero-order valence-corrected chi connectivity index (χ0v) is 20.2. The summed E-state index contributed by atoms with van der Waals surface area (Å²) < 4.78 is 0.